The summed E-state index contributed by atoms with van der Waals surface area (Å²) in [5.41, 5.74) is 1.94. The van der Waals surface area contributed by atoms with Crippen LogP contribution in [0.1, 0.15) is 16.7 Å². The van der Waals surface area contributed by atoms with Gasteiger partial charge >= 0.3 is 0 Å². The highest BCUT2D eigenvalue weighted by Gasteiger charge is 2.12. The summed E-state index contributed by atoms with van der Waals surface area (Å²) in [4.78, 5) is 0. The van der Waals surface area contributed by atoms with Gasteiger partial charge in [0.25, 0.3) is 0 Å². The molecule has 2 nitrogen and oxygen atoms in total. The molecule has 4 aromatic rings. The second kappa shape index (κ2) is 8.59. The Morgan fingerprint density at radius 3 is 2.37 bits per heavy atom. The van der Waals surface area contributed by atoms with Crippen molar-refractivity contribution in [2.45, 2.75) is 6.61 Å². The minimum Gasteiger partial charge on any atom is -0.488 e. The van der Waals surface area contributed by atoms with Crippen molar-refractivity contribution >= 4 is 22.4 Å². The largest absolute Gasteiger partial charge is 0.488 e. The molecule has 0 aliphatic rings. The van der Waals surface area contributed by atoms with Gasteiger partial charge in [-0.3, -0.25) is 0 Å². The first-order valence-corrected chi connectivity index (χ1v) is 9.41. The fraction of sp³-hybridized carbons (Fsp3) is 0.0385. The number of allylic oxidation sites excluding steroid dienone is 1. The SMILES string of the molecule is N#C/C(=C/c1c(OCc2ccc(F)cc2)ccc2ccccc12)c1ccccc1F. The molecule has 30 heavy (non-hydrogen) atoms. The number of nitrogens with zero attached hydrogens (tertiary/aromatic N) is 1. The van der Waals surface area contributed by atoms with Crippen molar-refractivity contribution in [3.63, 3.8) is 0 Å². The molecule has 0 spiro atoms. The maximum absolute atomic E-state index is 14.3. The van der Waals surface area contributed by atoms with Gasteiger partial charge in [0.05, 0.1) is 11.6 Å². The molecule has 0 atom stereocenters. The predicted octanol–water partition coefficient (Wildman–Crippen LogP) is 6.76. The molecule has 0 radical (unpaired) electrons. The number of nitriles is 1. The summed E-state index contributed by atoms with van der Waals surface area (Å²) in [6.07, 6.45) is 1.65. The van der Waals surface area contributed by atoms with Crippen molar-refractivity contribution in [2.24, 2.45) is 0 Å². The van der Waals surface area contributed by atoms with E-state index in [9.17, 15) is 14.0 Å². The Morgan fingerprint density at radius 2 is 1.60 bits per heavy atom. The van der Waals surface area contributed by atoms with Crippen LogP contribution in [0.25, 0.3) is 22.4 Å². The normalized spacial score (nSPS) is 11.3. The highest BCUT2D eigenvalue weighted by molar-refractivity contribution is 6.00. The summed E-state index contributed by atoms with van der Waals surface area (Å²) in [5, 5.41) is 11.6. The summed E-state index contributed by atoms with van der Waals surface area (Å²) < 4.78 is 33.5. The monoisotopic (exact) mass is 397 g/mol. The lowest BCUT2D eigenvalue weighted by Gasteiger charge is -2.13. The lowest BCUT2D eigenvalue weighted by molar-refractivity contribution is 0.306. The molecule has 0 aromatic heterocycles. The van der Waals surface area contributed by atoms with Gasteiger partial charge in [0.1, 0.15) is 24.0 Å². The van der Waals surface area contributed by atoms with E-state index in [1.165, 1.54) is 18.2 Å². The minimum absolute atomic E-state index is 0.205. The van der Waals surface area contributed by atoms with E-state index in [4.69, 9.17) is 4.74 Å². The van der Waals surface area contributed by atoms with Crippen LogP contribution in [0.2, 0.25) is 0 Å². The van der Waals surface area contributed by atoms with E-state index in [1.807, 2.05) is 36.4 Å². The van der Waals surface area contributed by atoms with Crippen LogP contribution < -0.4 is 4.74 Å². The van der Waals surface area contributed by atoms with Gasteiger partial charge in [-0.1, -0.05) is 60.7 Å². The van der Waals surface area contributed by atoms with Gasteiger partial charge in [-0.05, 0) is 46.7 Å². The number of benzene rings is 4. The maximum atomic E-state index is 14.3. The number of hydrogen-bond donors (Lipinski definition) is 0. The third kappa shape index (κ3) is 4.06. The average molecular weight is 397 g/mol. The molecule has 0 fully saturated rings. The van der Waals surface area contributed by atoms with Gasteiger partial charge < -0.3 is 4.74 Å². The lowest BCUT2D eigenvalue weighted by Crippen LogP contribution is -1.98. The van der Waals surface area contributed by atoms with E-state index in [0.29, 0.717) is 11.3 Å². The molecular formula is C26H17F2NO. The number of halogens is 2. The Bertz CT molecular complexity index is 1270. The molecule has 146 valence electrons. The number of rotatable bonds is 5. The molecule has 0 heterocycles. The first-order chi connectivity index (χ1) is 14.7. The molecule has 0 saturated carbocycles. The predicted molar refractivity (Wildman–Crippen MR) is 115 cm³/mol. The van der Waals surface area contributed by atoms with Crippen molar-refractivity contribution in [2.75, 3.05) is 0 Å². The zero-order chi connectivity index (χ0) is 20.9. The third-order valence-electron chi connectivity index (χ3n) is 4.81. The maximum Gasteiger partial charge on any atom is 0.131 e. The first kappa shape index (κ1) is 19.4. The van der Waals surface area contributed by atoms with Crippen LogP contribution in [-0.4, -0.2) is 0 Å². The van der Waals surface area contributed by atoms with Gasteiger partial charge in [0.15, 0.2) is 0 Å². The summed E-state index contributed by atoms with van der Waals surface area (Å²) in [6, 6.07) is 25.9. The van der Waals surface area contributed by atoms with Gasteiger partial charge in [-0.2, -0.15) is 5.26 Å². The highest BCUT2D eigenvalue weighted by atomic mass is 19.1. The molecule has 0 amide bonds. The second-order valence-electron chi connectivity index (χ2n) is 6.76. The average Bonchev–Trinajstić information content (AvgIpc) is 2.78. The standard InChI is InChI=1S/C26H17F2NO/c27-21-12-9-18(10-13-21)17-30-26-14-11-19-5-1-2-6-22(19)24(26)15-20(16-29)23-7-3-4-8-25(23)28/h1-15H,17H2/b20-15-. The van der Waals surface area contributed by atoms with Crippen molar-refractivity contribution in [3.8, 4) is 11.8 Å². The van der Waals surface area contributed by atoms with Crippen molar-refractivity contribution in [3.05, 3.63) is 113 Å². The molecule has 0 saturated heterocycles. The van der Waals surface area contributed by atoms with Gasteiger partial charge in [0, 0.05) is 11.1 Å². The fourth-order valence-corrected chi connectivity index (χ4v) is 3.29. The zero-order valence-corrected chi connectivity index (χ0v) is 16.0. The van der Waals surface area contributed by atoms with E-state index in [1.54, 1.807) is 36.4 Å². The smallest absolute Gasteiger partial charge is 0.131 e. The van der Waals surface area contributed by atoms with Crippen LogP contribution in [0.3, 0.4) is 0 Å². The van der Waals surface area contributed by atoms with E-state index in [0.717, 1.165) is 16.3 Å². The Hall–Kier alpha value is -3.97. The summed E-state index contributed by atoms with van der Waals surface area (Å²) >= 11 is 0. The molecule has 0 unspecified atom stereocenters. The van der Waals surface area contributed by atoms with Gasteiger partial charge in [-0.25, -0.2) is 8.78 Å². The Labute approximate surface area is 173 Å². The van der Waals surface area contributed by atoms with E-state index < -0.39 is 5.82 Å². The Balaban J connectivity index is 1.80. The quantitative estimate of drug-likeness (QED) is 0.275. The van der Waals surface area contributed by atoms with Crippen LogP contribution in [0.5, 0.6) is 5.75 Å². The third-order valence-corrected chi connectivity index (χ3v) is 4.81. The highest BCUT2D eigenvalue weighted by Crippen LogP contribution is 2.33. The molecule has 4 rings (SSSR count). The second-order valence-corrected chi connectivity index (χ2v) is 6.76. The topological polar surface area (TPSA) is 33.0 Å². The van der Waals surface area contributed by atoms with E-state index >= 15 is 0 Å². The lowest BCUT2D eigenvalue weighted by atomic mass is 9.98. The van der Waals surface area contributed by atoms with E-state index in [-0.39, 0.29) is 23.6 Å². The molecule has 4 heteroatoms. The van der Waals surface area contributed by atoms with Crippen LogP contribution >= 0.6 is 0 Å². The molecule has 0 N–H and O–H groups in total. The van der Waals surface area contributed by atoms with E-state index in [2.05, 4.69) is 6.07 Å². The fourth-order valence-electron chi connectivity index (χ4n) is 3.29. The minimum atomic E-state index is -0.459. The van der Waals surface area contributed by atoms with Crippen molar-refractivity contribution in [1.29, 1.82) is 5.26 Å². The summed E-state index contributed by atoms with van der Waals surface area (Å²) in [6.45, 7) is 0.237. The summed E-state index contributed by atoms with van der Waals surface area (Å²) in [5.74, 6) is -0.210. The number of ether oxygens (including phenoxy) is 1. The van der Waals surface area contributed by atoms with Crippen LogP contribution in [0.4, 0.5) is 8.78 Å². The Morgan fingerprint density at radius 1 is 0.867 bits per heavy atom. The molecular weight excluding hydrogens is 380 g/mol. The van der Waals surface area contributed by atoms with Crippen LogP contribution in [0.15, 0.2) is 84.9 Å². The molecule has 0 aliphatic heterocycles. The zero-order valence-electron chi connectivity index (χ0n) is 16.0. The van der Waals surface area contributed by atoms with Crippen molar-refractivity contribution < 1.29 is 13.5 Å². The number of fused-ring (bicyclic) bond motifs is 1. The van der Waals surface area contributed by atoms with Gasteiger partial charge in [0.2, 0.25) is 0 Å². The molecule has 4 aromatic carbocycles. The molecule has 0 bridgehead atoms. The number of hydrogen-bond acceptors (Lipinski definition) is 2. The Kier molecular flexibility index (Phi) is 5.54. The molecule has 0 aliphatic carbocycles. The first-order valence-electron chi connectivity index (χ1n) is 9.41. The van der Waals surface area contributed by atoms with Crippen LogP contribution in [-0.2, 0) is 6.61 Å². The van der Waals surface area contributed by atoms with Crippen LogP contribution in [0, 0.1) is 23.0 Å². The van der Waals surface area contributed by atoms with Gasteiger partial charge in [-0.15, -0.1) is 0 Å². The summed E-state index contributed by atoms with van der Waals surface area (Å²) in [7, 11) is 0. The van der Waals surface area contributed by atoms with Crippen molar-refractivity contribution in [1.82, 2.24) is 0 Å².